The second-order valence-corrected chi connectivity index (χ2v) is 5.57. The molecule has 0 aliphatic rings. The van der Waals surface area contributed by atoms with Gasteiger partial charge in [0.05, 0.1) is 13.2 Å². The molecule has 2 nitrogen and oxygen atoms in total. The van der Waals surface area contributed by atoms with Gasteiger partial charge < -0.3 is 9.47 Å². The van der Waals surface area contributed by atoms with Crippen molar-refractivity contribution in [3.05, 3.63) is 35.4 Å². The van der Waals surface area contributed by atoms with Crippen molar-refractivity contribution < 1.29 is 9.47 Å². The molecular formula is C19H26O2. The van der Waals surface area contributed by atoms with Crippen LogP contribution in [0.5, 0.6) is 11.5 Å². The van der Waals surface area contributed by atoms with Crippen molar-refractivity contribution in [2.24, 2.45) is 0 Å². The van der Waals surface area contributed by atoms with Gasteiger partial charge in [-0.2, -0.15) is 0 Å². The molecule has 114 valence electrons. The Morgan fingerprint density at radius 1 is 0.810 bits per heavy atom. The monoisotopic (exact) mass is 286 g/mol. The lowest BCUT2D eigenvalue weighted by Gasteiger charge is -2.16. The first-order chi connectivity index (χ1) is 10.1. The Bertz CT molecular complexity index is 614. The minimum absolute atomic E-state index is 0.451. The van der Waals surface area contributed by atoms with Crippen LogP contribution in [-0.2, 0) is 6.42 Å². The molecule has 0 fully saturated rings. The van der Waals surface area contributed by atoms with Gasteiger partial charge in [0, 0.05) is 0 Å². The van der Waals surface area contributed by atoms with E-state index in [9.17, 15) is 0 Å². The molecule has 0 atom stereocenters. The summed E-state index contributed by atoms with van der Waals surface area (Å²) in [5.74, 6) is 2.44. The summed E-state index contributed by atoms with van der Waals surface area (Å²) < 4.78 is 11.6. The third-order valence-electron chi connectivity index (χ3n) is 3.75. The van der Waals surface area contributed by atoms with Crippen LogP contribution in [0.2, 0.25) is 0 Å². The molecule has 21 heavy (non-hydrogen) atoms. The van der Waals surface area contributed by atoms with E-state index in [2.05, 4.69) is 45.0 Å². The quantitative estimate of drug-likeness (QED) is 0.715. The zero-order chi connectivity index (χ0) is 15.4. The molecule has 0 saturated heterocycles. The molecule has 0 saturated carbocycles. The molecule has 0 amide bonds. The van der Waals surface area contributed by atoms with Gasteiger partial charge in [0.1, 0.15) is 11.5 Å². The molecule has 2 rings (SSSR count). The lowest BCUT2D eigenvalue weighted by atomic mass is 9.96. The lowest BCUT2D eigenvalue weighted by molar-refractivity contribution is 0.335. The van der Waals surface area contributed by atoms with Gasteiger partial charge in [-0.15, -0.1) is 0 Å². The SMILES string of the molecule is CCOc1cc2cc(OCC)c(C(C)C)cc2cc1CC. The summed E-state index contributed by atoms with van der Waals surface area (Å²) in [5.41, 5.74) is 2.54. The molecule has 0 heterocycles. The maximum absolute atomic E-state index is 5.82. The maximum atomic E-state index is 5.82. The van der Waals surface area contributed by atoms with Gasteiger partial charge in [0.25, 0.3) is 0 Å². The van der Waals surface area contributed by atoms with Crippen LogP contribution < -0.4 is 9.47 Å². The highest BCUT2D eigenvalue weighted by Gasteiger charge is 2.12. The lowest BCUT2D eigenvalue weighted by Crippen LogP contribution is -2.00. The van der Waals surface area contributed by atoms with Crippen LogP contribution in [0.4, 0.5) is 0 Å². The summed E-state index contributed by atoms with van der Waals surface area (Å²) in [4.78, 5) is 0. The summed E-state index contributed by atoms with van der Waals surface area (Å²) in [7, 11) is 0. The Morgan fingerprint density at radius 3 is 1.95 bits per heavy atom. The van der Waals surface area contributed by atoms with Gasteiger partial charge in [0.15, 0.2) is 0 Å². The van der Waals surface area contributed by atoms with Crippen molar-refractivity contribution in [1.29, 1.82) is 0 Å². The fourth-order valence-electron chi connectivity index (χ4n) is 2.67. The predicted molar refractivity (Wildman–Crippen MR) is 89.8 cm³/mol. The molecule has 0 bridgehead atoms. The highest BCUT2D eigenvalue weighted by atomic mass is 16.5. The van der Waals surface area contributed by atoms with Crippen molar-refractivity contribution >= 4 is 10.8 Å². The van der Waals surface area contributed by atoms with Crippen LogP contribution in [0.15, 0.2) is 24.3 Å². The first-order valence-corrected chi connectivity index (χ1v) is 7.96. The third kappa shape index (κ3) is 3.31. The second kappa shape index (κ2) is 6.84. The van der Waals surface area contributed by atoms with Gasteiger partial charge in [-0.05, 0) is 72.4 Å². The topological polar surface area (TPSA) is 18.5 Å². The highest BCUT2D eigenvalue weighted by molar-refractivity contribution is 5.87. The Labute approximate surface area is 128 Å². The largest absolute Gasteiger partial charge is 0.494 e. The summed E-state index contributed by atoms with van der Waals surface area (Å²) in [6.07, 6.45) is 0.982. The maximum Gasteiger partial charge on any atom is 0.123 e. The van der Waals surface area contributed by atoms with Crippen LogP contribution in [0.1, 0.15) is 51.7 Å². The Balaban J connectivity index is 2.63. The molecule has 2 aromatic carbocycles. The van der Waals surface area contributed by atoms with Gasteiger partial charge in [-0.3, -0.25) is 0 Å². The van der Waals surface area contributed by atoms with Crippen molar-refractivity contribution in [2.75, 3.05) is 13.2 Å². The van der Waals surface area contributed by atoms with Gasteiger partial charge in [-0.1, -0.05) is 20.8 Å². The second-order valence-electron chi connectivity index (χ2n) is 5.57. The molecule has 0 radical (unpaired) electrons. The van der Waals surface area contributed by atoms with Crippen LogP contribution in [-0.4, -0.2) is 13.2 Å². The summed E-state index contributed by atoms with van der Waals surface area (Å²) >= 11 is 0. The molecule has 0 unspecified atom stereocenters. The first-order valence-electron chi connectivity index (χ1n) is 7.96. The van der Waals surface area contributed by atoms with E-state index in [1.54, 1.807) is 0 Å². The number of ether oxygens (including phenoxy) is 2. The Kier molecular flexibility index (Phi) is 5.11. The molecule has 2 aromatic rings. The van der Waals surface area contributed by atoms with Crippen molar-refractivity contribution in [3.63, 3.8) is 0 Å². The predicted octanol–water partition coefficient (Wildman–Crippen LogP) is 5.32. The van der Waals surface area contributed by atoms with Gasteiger partial charge in [0.2, 0.25) is 0 Å². The molecule has 0 N–H and O–H groups in total. The van der Waals surface area contributed by atoms with Gasteiger partial charge in [-0.25, -0.2) is 0 Å². The highest BCUT2D eigenvalue weighted by Crippen LogP contribution is 2.35. The first kappa shape index (κ1) is 15.7. The third-order valence-corrected chi connectivity index (χ3v) is 3.75. The Hall–Kier alpha value is -1.70. The minimum Gasteiger partial charge on any atom is -0.494 e. The van der Waals surface area contributed by atoms with Crippen molar-refractivity contribution in [3.8, 4) is 11.5 Å². The van der Waals surface area contributed by atoms with E-state index in [-0.39, 0.29) is 0 Å². The number of aryl methyl sites for hydroxylation is 1. The van der Waals surface area contributed by atoms with E-state index in [1.165, 1.54) is 21.9 Å². The average Bonchev–Trinajstić information content (AvgIpc) is 2.46. The average molecular weight is 286 g/mol. The fourth-order valence-corrected chi connectivity index (χ4v) is 2.67. The minimum atomic E-state index is 0.451. The summed E-state index contributed by atoms with van der Waals surface area (Å²) in [5, 5.41) is 2.45. The smallest absolute Gasteiger partial charge is 0.123 e. The number of hydrogen-bond donors (Lipinski definition) is 0. The number of fused-ring (bicyclic) bond motifs is 1. The summed E-state index contributed by atoms with van der Waals surface area (Å²) in [6.45, 7) is 12.0. The number of hydrogen-bond acceptors (Lipinski definition) is 2. The molecular weight excluding hydrogens is 260 g/mol. The van der Waals surface area contributed by atoms with Crippen molar-refractivity contribution in [2.45, 2.75) is 47.0 Å². The summed E-state index contributed by atoms with van der Waals surface area (Å²) in [6, 6.07) is 8.81. The molecule has 0 aliphatic carbocycles. The zero-order valence-electron chi connectivity index (χ0n) is 13.8. The standard InChI is InChI=1S/C19H26O2/c1-6-14-9-15-10-17(13(4)5)19(21-8-3)12-16(15)11-18(14)20-7-2/h9-13H,6-8H2,1-5H3. The van der Waals surface area contributed by atoms with Crippen LogP contribution >= 0.6 is 0 Å². The van der Waals surface area contributed by atoms with Crippen LogP contribution in [0, 0.1) is 0 Å². The molecule has 2 heteroatoms. The van der Waals surface area contributed by atoms with E-state index in [0.29, 0.717) is 19.1 Å². The van der Waals surface area contributed by atoms with E-state index in [4.69, 9.17) is 9.47 Å². The molecule has 0 spiro atoms. The fraction of sp³-hybridized carbons (Fsp3) is 0.474. The molecule has 0 aromatic heterocycles. The van der Waals surface area contributed by atoms with Crippen LogP contribution in [0.3, 0.4) is 0 Å². The van der Waals surface area contributed by atoms with Crippen LogP contribution in [0.25, 0.3) is 10.8 Å². The van der Waals surface area contributed by atoms with Gasteiger partial charge >= 0.3 is 0 Å². The van der Waals surface area contributed by atoms with Crippen molar-refractivity contribution in [1.82, 2.24) is 0 Å². The zero-order valence-corrected chi connectivity index (χ0v) is 13.8. The number of benzene rings is 2. The van der Waals surface area contributed by atoms with E-state index in [0.717, 1.165) is 17.9 Å². The number of rotatable bonds is 6. The normalized spacial score (nSPS) is 11.1. The van der Waals surface area contributed by atoms with E-state index in [1.807, 2.05) is 13.8 Å². The van der Waals surface area contributed by atoms with E-state index < -0.39 is 0 Å². The molecule has 0 aliphatic heterocycles. The Morgan fingerprint density at radius 2 is 1.38 bits per heavy atom. The van der Waals surface area contributed by atoms with E-state index >= 15 is 0 Å².